The normalized spacial score (nSPS) is 17.2. The summed E-state index contributed by atoms with van der Waals surface area (Å²) in [5.41, 5.74) is 0.951. The highest BCUT2D eigenvalue weighted by atomic mass is 35.5. The standard InChI is InChI=1S/C23H24Cl2N6O4/c1-5-18(32)29-14-10-35-9-13(14)28-17-6-11-12(8-27-17)30-23(31-22(11)26-2)19-20(24)15(33-3)7-16(34-4)21(19)25/h5-8,13-14H,1,9-10H2,2-4H3,(H,27,28)(H,29,32)(H,26,30,31)/t13-,14+/m1/s1. The predicted octanol–water partition coefficient (Wildman–Crippen LogP) is 3.54. The Bertz CT molecular complexity index is 1260. The van der Waals surface area contributed by atoms with Crippen molar-refractivity contribution in [2.45, 2.75) is 12.1 Å². The molecule has 184 valence electrons. The molecule has 3 N–H and O–H groups in total. The molecule has 1 aromatic carbocycles. The van der Waals surface area contributed by atoms with E-state index in [0.717, 1.165) is 5.39 Å². The van der Waals surface area contributed by atoms with Crippen molar-refractivity contribution in [1.82, 2.24) is 20.3 Å². The highest BCUT2D eigenvalue weighted by Crippen LogP contribution is 2.45. The second-order valence-corrected chi connectivity index (χ2v) is 8.38. The second-order valence-electron chi connectivity index (χ2n) is 7.62. The molecular weight excluding hydrogens is 495 g/mol. The van der Waals surface area contributed by atoms with Crippen LogP contribution in [0.5, 0.6) is 11.5 Å². The van der Waals surface area contributed by atoms with Gasteiger partial charge < -0.3 is 30.2 Å². The lowest BCUT2D eigenvalue weighted by molar-refractivity contribution is -0.117. The van der Waals surface area contributed by atoms with E-state index in [1.165, 1.54) is 20.3 Å². The largest absolute Gasteiger partial charge is 0.495 e. The highest BCUT2D eigenvalue weighted by Gasteiger charge is 2.29. The van der Waals surface area contributed by atoms with Gasteiger partial charge in [-0.1, -0.05) is 29.8 Å². The number of carbonyl (C=O) groups excluding carboxylic acids is 1. The van der Waals surface area contributed by atoms with E-state index in [-0.39, 0.29) is 33.9 Å². The minimum atomic E-state index is -0.260. The summed E-state index contributed by atoms with van der Waals surface area (Å²) in [6.07, 6.45) is 2.85. The van der Waals surface area contributed by atoms with Crippen molar-refractivity contribution in [3.8, 4) is 22.9 Å². The molecule has 0 spiro atoms. The number of benzene rings is 1. The summed E-state index contributed by atoms with van der Waals surface area (Å²) >= 11 is 13.1. The molecule has 1 saturated heterocycles. The minimum absolute atomic E-state index is 0.163. The summed E-state index contributed by atoms with van der Waals surface area (Å²) < 4.78 is 16.2. The molecule has 0 bridgehead atoms. The summed E-state index contributed by atoms with van der Waals surface area (Å²) in [5.74, 6) is 1.91. The Hall–Kier alpha value is -3.34. The third kappa shape index (κ3) is 4.90. The number of amides is 1. The molecule has 1 amide bonds. The van der Waals surface area contributed by atoms with Crippen LogP contribution in [0.4, 0.5) is 11.6 Å². The SMILES string of the molecule is C=CC(=O)N[C@H]1COC[C@H]1Nc1cc2c(NC)nc(-c3c(Cl)c(OC)cc(OC)c3Cl)nc2cn1. The zero-order valence-electron chi connectivity index (χ0n) is 19.3. The van der Waals surface area contributed by atoms with Crippen LogP contribution in [-0.2, 0) is 9.53 Å². The number of fused-ring (bicyclic) bond motifs is 1. The molecule has 0 radical (unpaired) electrons. The maximum atomic E-state index is 11.7. The van der Waals surface area contributed by atoms with Crippen molar-refractivity contribution in [3.63, 3.8) is 0 Å². The summed E-state index contributed by atoms with van der Waals surface area (Å²) in [6, 6.07) is 3.05. The molecule has 3 aromatic rings. The monoisotopic (exact) mass is 518 g/mol. The van der Waals surface area contributed by atoms with E-state index >= 15 is 0 Å². The van der Waals surface area contributed by atoms with Crippen molar-refractivity contribution < 1.29 is 19.0 Å². The van der Waals surface area contributed by atoms with Gasteiger partial charge in [0.05, 0.1) is 66.8 Å². The van der Waals surface area contributed by atoms with Gasteiger partial charge in [-0.2, -0.15) is 0 Å². The lowest BCUT2D eigenvalue weighted by Crippen LogP contribution is -2.45. The van der Waals surface area contributed by atoms with Crippen LogP contribution < -0.4 is 25.4 Å². The van der Waals surface area contributed by atoms with Crippen molar-refractivity contribution in [1.29, 1.82) is 0 Å². The first-order valence-electron chi connectivity index (χ1n) is 10.6. The van der Waals surface area contributed by atoms with Gasteiger partial charge in [-0.3, -0.25) is 4.79 Å². The summed E-state index contributed by atoms with van der Waals surface area (Å²) in [4.78, 5) is 25.5. The molecule has 0 aliphatic carbocycles. The Balaban J connectivity index is 1.72. The van der Waals surface area contributed by atoms with Crippen LogP contribution in [0, 0.1) is 0 Å². The van der Waals surface area contributed by atoms with Crippen molar-refractivity contribution in [3.05, 3.63) is 41.0 Å². The lowest BCUT2D eigenvalue weighted by Gasteiger charge is -2.20. The Kier molecular flexibility index (Phi) is 7.44. The first-order valence-corrected chi connectivity index (χ1v) is 11.4. The number of rotatable bonds is 8. The van der Waals surface area contributed by atoms with E-state index in [4.69, 9.17) is 37.4 Å². The van der Waals surface area contributed by atoms with Crippen molar-refractivity contribution in [2.75, 3.05) is 45.1 Å². The molecule has 0 unspecified atom stereocenters. The number of methoxy groups -OCH3 is 2. The molecule has 12 heteroatoms. The highest BCUT2D eigenvalue weighted by molar-refractivity contribution is 6.41. The number of aromatic nitrogens is 3. The number of carbonyl (C=O) groups is 1. The van der Waals surface area contributed by atoms with E-state index in [1.807, 2.05) is 6.07 Å². The topological polar surface area (TPSA) is 120 Å². The molecule has 0 saturated carbocycles. The van der Waals surface area contributed by atoms with Gasteiger partial charge in [-0.15, -0.1) is 0 Å². The Morgan fingerprint density at radius 2 is 1.83 bits per heavy atom. The van der Waals surface area contributed by atoms with Crippen LogP contribution in [0.15, 0.2) is 31.0 Å². The second kappa shape index (κ2) is 10.5. The predicted molar refractivity (Wildman–Crippen MR) is 136 cm³/mol. The smallest absolute Gasteiger partial charge is 0.243 e. The third-order valence-corrected chi connectivity index (χ3v) is 6.29. The fourth-order valence-corrected chi connectivity index (χ4v) is 4.44. The van der Waals surface area contributed by atoms with E-state index in [0.29, 0.717) is 47.4 Å². The Morgan fingerprint density at radius 1 is 1.14 bits per heavy atom. The van der Waals surface area contributed by atoms with Gasteiger partial charge in [-0.05, 0) is 12.1 Å². The van der Waals surface area contributed by atoms with E-state index < -0.39 is 0 Å². The fraction of sp³-hybridized carbons (Fsp3) is 0.304. The summed E-state index contributed by atoms with van der Waals surface area (Å²) in [7, 11) is 4.75. The number of halogens is 2. The molecule has 10 nitrogen and oxygen atoms in total. The van der Waals surface area contributed by atoms with Gasteiger partial charge in [0.2, 0.25) is 5.91 Å². The zero-order chi connectivity index (χ0) is 25.1. The van der Waals surface area contributed by atoms with Crippen molar-refractivity contribution in [2.24, 2.45) is 0 Å². The van der Waals surface area contributed by atoms with Crippen LogP contribution in [0.25, 0.3) is 22.3 Å². The van der Waals surface area contributed by atoms with Crippen molar-refractivity contribution >= 4 is 51.6 Å². The molecule has 1 aliphatic heterocycles. The number of hydrogen-bond donors (Lipinski definition) is 3. The summed E-state index contributed by atoms with van der Waals surface area (Å²) in [5, 5.41) is 10.5. The quantitative estimate of drug-likeness (QED) is 0.384. The maximum Gasteiger partial charge on any atom is 0.243 e. The van der Waals surface area contributed by atoms with E-state index in [2.05, 4.69) is 37.5 Å². The zero-order valence-corrected chi connectivity index (χ0v) is 20.8. The van der Waals surface area contributed by atoms with E-state index in [1.54, 1.807) is 19.3 Å². The first kappa shape index (κ1) is 24.8. The van der Waals surface area contributed by atoms with Gasteiger partial charge in [0.1, 0.15) is 23.1 Å². The van der Waals surface area contributed by atoms with Crippen LogP contribution in [0.2, 0.25) is 10.0 Å². The minimum Gasteiger partial charge on any atom is -0.495 e. The lowest BCUT2D eigenvalue weighted by atomic mass is 10.1. The molecule has 1 fully saturated rings. The average Bonchev–Trinajstić information content (AvgIpc) is 3.29. The van der Waals surface area contributed by atoms with Gasteiger partial charge in [0, 0.05) is 18.5 Å². The average molecular weight is 519 g/mol. The first-order chi connectivity index (χ1) is 16.9. The van der Waals surface area contributed by atoms with Crippen LogP contribution >= 0.6 is 23.2 Å². The Labute approximate surface area is 212 Å². The van der Waals surface area contributed by atoms with Crippen LogP contribution in [0.3, 0.4) is 0 Å². The fourth-order valence-electron chi connectivity index (χ4n) is 3.77. The molecule has 35 heavy (non-hydrogen) atoms. The molecule has 1 aliphatic rings. The number of hydrogen-bond acceptors (Lipinski definition) is 9. The number of nitrogens with one attached hydrogen (secondary N) is 3. The molecule has 4 rings (SSSR count). The molecule has 2 aromatic heterocycles. The number of anilines is 2. The number of nitrogens with zero attached hydrogens (tertiary/aromatic N) is 3. The molecular formula is C23H24Cl2N6O4. The van der Waals surface area contributed by atoms with Gasteiger partial charge >= 0.3 is 0 Å². The van der Waals surface area contributed by atoms with Gasteiger partial charge in [-0.25, -0.2) is 15.0 Å². The van der Waals surface area contributed by atoms with Gasteiger partial charge in [0.15, 0.2) is 5.82 Å². The van der Waals surface area contributed by atoms with Gasteiger partial charge in [0.25, 0.3) is 0 Å². The Morgan fingerprint density at radius 3 is 2.46 bits per heavy atom. The van der Waals surface area contributed by atoms with Crippen LogP contribution in [0.1, 0.15) is 0 Å². The molecule has 2 atom stereocenters. The number of pyridine rings is 1. The summed E-state index contributed by atoms with van der Waals surface area (Å²) in [6.45, 7) is 4.30. The molecule has 3 heterocycles. The van der Waals surface area contributed by atoms with E-state index in [9.17, 15) is 4.79 Å². The van der Waals surface area contributed by atoms with Crippen LogP contribution in [-0.4, -0.2) is 67.4 Å². The number of ether oxygens (including phenoxy) is 3. The maximum absolute atomic E-state index is 11.7. The third-order valence-electron chi connectivity index (χ3n) is 5.54.